The van der Waals surface area contributed by atoms with Crippen LogP contribution in [0.3, 0.4) is 0 Å². The van der Waals surface area contributed by atoms with Gasteiger partial charge in [-0.05, 0) is 25.1 Å². The standard InChI is InChI=1S/C11H13BrO4/c1-7(13)9-5-8(12)3-4-10(9)16-6-11(14)15-2/h3-5,7,13H,6H2,1-2H3/t7-/m1/s1. The third kappa shape index (κ3) is 3.50. The van der Waals surface area contributed by atoms with Gasteiger partial charge in [0.25, 0.3) is 0 Å². The van der Waals surface area contributed by atoms with Crippen LogP contribution in [0, 0.1) is 0 Å². The van der Waals surface area contributed by atoms with E-state index in [4.69, 9.17) is 4.74 Å². The average molecular weight is 289 g/mol. The summed E-state index contributed by atoms with van der Waals surface area (Å²) in [6, 6.07) is 5.21. The van der Waals surface area contributed by atoms with Crippen LogP contribution in [0.25, 0.3) is 0 Å². The Morgan fingerprint density at radius 1 is 1.56 bits per heavy atom. The van der Waals surface area contributed by atoms with Gasteiger partial charge in [-0.25, -0.2) is 4.79 Å². The molecule has 0 aliphatic heterocycles. The number of halogens is 1. The Hall–Kier alpha value is -1.07. The van der Waals surface area contributed by atoms with Gasteiger partial charge in [-0.1, -0.05) is 15.9 Å². The Morgan fingerprint density at radius 2 is 2.25 bits per heavy atom. The smallest absolute Gasteiger partial charge is 0.343 e. The lowest BCUT2D eigenvalue weighted by atomic mass is 10.1. The molecule has 0 saturated heterocycles. The van der Waals surface area contributed by atoms with Crippen LogP contribution in [0.4, 0.5) is 0 Å². The first-order valence-electron chi connectivity index (χ1n) is 4.71. The van der Waals surface area contributed by atoms with Crippen LogP contribution in [0.2, 0.25) is 0 Å². The molecule has 88 valence electrons. The lowest BCUT2D eigenvalue weighted by Gasteiger charge is -2.13. The molecular formula is C11H13BrO4. The summed E-state index contributed by atoms with van der Waals surface area (Å²) in [5, 5.41) is 9.53. The fourth-order valence-electron chi connectivity index (χ4n) is 1.17. The summed E-state index contributed by atoms with van der Waals surface area (Å²) in [4.78, 5) is 10.9. The molecule has 0 unspecified atom stereocenters. The molecule has 1 aromatic rings. The number of hydrogen-bond acceptors (Lipinski definition) is 4. The van der Waals surface area contributed by atoms with Crippen molar-refractivity contribution in [3.05, 3.63) is 28.2 Å². The molecule has 1 N–H and O–H groups in total. The molecule has 0 amide bonds. The number of aliphatic hydroxyl groups excluding tert-OH is 1. The Labute approximate surface area is 102 Å². The topological polar surface area (TPSA) is 55.8 Å². The van der Waals surface area contributed by atoms with Crippen molar-refractivity contribution in [1.82, 2.24) is 0 Å². The molecule has 16 heavy (non-hydrogen) atoms. The molecule has 1 aromatic carbocycles. The van der Waals surface area contributed by atoms with Crippen LogP contribution in [0.1, 0.15) is 18.6 Å². The first-order valence-corrected chi connectivity index (χ1v) is 5.51. The summed E-state index contributed by atoms with van der Waals surface area (Å²) in [6.07, 6.45) is -0.662. The maximum atomic E-state index is 10.9. The van der Waals surface area contributed by atoms with Gasteiger partial charge >= 0.3 is 5.97 Å². The maximum absolute atomic E-state index is 10.9. The number of ether oxygens (including phenoxy) is 2. The SMILES string of the molecule is COC(=O)COc1ccc(Br)cc1[C@@H](C)O. The van der Waals surface area contributed by atoms with Crippen molar-refractivity contribution >= 4 is 21.9 Å². The number of methoxy groups -OCH3 is 1. The molecule has 0 heterocycles. The lowest BCUT2D eigenvalue weighted by molar-refractivity contribution is -0.142. The molecule has 5 heteroatoms. The predicted molar refractivity (Wildman–Crippen MR) is 62.3 cm³/mol. The van der Waals surface area contributed by atoms with Crippen LogP contribution in [-0.4, -0.2) is 24.8 Å². The van der Waals surface area contributed by atoms with Gasteiger partial charge < -0.3 is 14.6 Å². The summed E-state index contributed by atoms with van der Waals surface area (Å²) in [6.45, 7) is 1.46. The number of rotatable bonds is 4. The third-order valence-electron chi connectivity index (χ3n) is 2.00. The van der Waals surface area contributed by atoms with E-state index in [9.17, 15) is 9.90 Å². The van der Waals surface area contributed by atoms with E-state index in [0.717, 1.165) is 4.47 Å². The number of hydrogen-bond donors (Lipinski definition) is 1. The van der Waals surface area contributed by atoms with Gasteiger partial charge in [0.15, 0.2) is 6.61 Å². The Kier molecular flexibility index (Phi) is 4.76. The molecule has 0 spiro atoms. The van der Waals surface area contributed by atoms with Crippen LogP contribution >= 0.6 is 15.9 Å². The second-order valence-corrected chi connectivity index (χ2v) is 4.14. The van der Waals surface area contributed by atoms with Gasteiger partial charge in [0.1, 0.15) is 5.75 Å². The zero-order valence-electron chi connectivity index (χ0n) is 9.07. The predicted octanol–water partition coefficient (Wildman–Crippen LogP) is 2.05. The van der Waals surface area contributed by atoms with Crippen LogP contribution in [0.5, 0.6) is 5.75 Å². The first kappa shape index (κ1) is 13.0. The monoisotopic (exact) mass is 288 g/mol. The Balaban J connectivity index is 2.82. The van der Waals surface area contributed by atoms with E-state index in [2.05, 4.69) is 20.7 Å². The second-order valence-electron chi connectivity index (χ2n) is 3.22. The van der Waals surface area contributed by atoms with Crippen LogP contribution in [-0.2, 0) is 9.53 Å². The zero-order chi connectivity index (χ0) is 12.1. The van der Waals surface area contributed by atoms with Crippen molar-refractivity contribution in [2.24, 2.45) is 0 Å². The van der Waals surface area contributed by atoms with Gasteiger partial charge in [0.2, 0.25) is 0 Å². The third-order valence-corrected chi connectivity index (χ3v) is 2.49. The first-order chi connectivity index (χ1) is 7.54. The largest absolute Gasteiger partial charge is 0.482 e. The number of aliphatic hydroxyl groups is 1. The molecular weight excluding hydrogens is 276 g/mol. The Bertz CT molecular complexity index is 376. The molecule has 4 nitrogen and oxygen atoms in total. The highest BCUT2D eigenvalue weighted by molar-refractivity contribution is 9.10. The summed E-state index contributed by atoms with van der Waals surface area (Å²) in [7, 11) is 1.29. The number of carbonyl (C=O) groups is 1. The van der Waals surface area contributed by atoms with E-state index in [1.54, 1.807) is 25.1 Å². The van der Waals surface area contributed by atoms with Crippen LogP contribution in [0.15, 0.2) is 22.7 Å². The molecule has 1 rings (SSSR count). The zero-order valence-corrected chi connectivity index (χ0v) is 10.7. The minimum atomic E-state index is -0.662. The van der Waals surface area contributed by atoms with Crippen molar-refractivity contribution < 1.29 is 19.4 Å². The number of esters is 1. The van der Waals surface area contributed by atoms with Crippen molar-refractivity contribution in [2.75, 3.05) is 13.7 Å². The molecule has 0 radical (unpaired) electrons. The average Bonchev–Trinajstić information content (AvgIpc) is 2.26. The van der Waals surface area contributed by atoms with Crippen LogP contribution < -0.4 is 4.74 Å². The van der Waals surface area contributed by atoms with Crippen molar-refractivity contribution in [2.45, 2.75) is 13.0 Å². The summed E-state index contributed by atoms with van der Waals surface area (Å²) < 4.78 is 10.6. The quantitative estimate of drug-likeness (QED) is 0.862. The minimum absolute atomic E-state index is 0.169. The molecule has 0 aliphatic carbocycles. The fourth-order valence-corrected chi connectivity index (χ4v) is 1.55. The highest BCUT2D eigenvalue weighted by Crippen LogP contribution is 2.28. The summed E-state index contributed by atoms with van der Waals surface area (Å²) in [5.74, 6) is 0.0167. The van der Waals surface area contributed by atoms with Crippen molar-refractivity contribution in [1.29, 1.82) is 0 Å². The van der Waals surface area contributed by atoms with E-state index in [1.165, 1.54) is 7.11 Å². The van der Waals surface area contributed by atoms with Gasteiger partial charge in [0, 0.05) is 10.0 Å². The second kappa shape index (κ2) is 5.86. The summed E-state index contributed by atoms with van der Waals surface area (Å²) >= 11 is 3.30. The van der Waals surface area contributed by atoms with Gasteiger partial charge in [-0.15, -0.1) is 0 Å². The van der Waals surface area contributed by atoms with Gasteiger partial charge in [0.05, 0.1) is 13.2 Å². The van der Waals surface area contributed by atoms with Crippen molar-refractivity contribution in [3.63, 3.8) is 0 Å². The van der Waals surface area contributed by atoms with E-state index >= 15 is 0 Å². The maximum Gasteiger partial charge on any atom is 0.343 e. The van der Waals surface area contributed by atoms with Gasteiger partial charge in [-0.3, -0.25) is 0 Å². The van der Waals surface area contributed by atoms with Gasteiger partial charge in [-0.2, -0.15) is 0 Å². The highest BCUT2D eigenvalue weighted by Gasteiger charge is 2.11. The Morgan fingerprint density at radius 3 is 2.81 bits per heavy atom. The van der Waals surface area contributed by atoms with E-state index < -0.39 is 12.1 Å². The number of carbonyl (C=O) groups excluding carboxylic acids is 1. The van der Waals surface area contributed by atoms with E-state index in [-0.39, 0.29) is 6.61 Å². The lowest BCUT2D eigenvalue weighted by Crippen LogP contribution is -2.13. The minimum Gasteiger partial charge on any atom is -0.482 e. The molecule has 0 saturated carbocycles. The fraction of sp³-hybridized carbons (Fsp3) is 0.364. The molecule has 1 atom stereocenters. The summed E-state index contributed by atoms with van der Waals surface area (Å²) in [5.41, 5.74) is 0.623. The van der Waals surface area contributed by atoms with E-state index in [1.807, 2.05) is 0 Å². The highest BCUT2D eigenvalue weighted by atomic mass is 79.9. The number of benzene rings is 1. The molecule has 0 bridgehead atoms. The molecule has 0 fully saturated rings. The van der Waals surface area contributed by atoms with Crippen molar-refractivity contribution in [3.8, 4) is 5.75 Å². The molecule has 0 aliphatic rings. The molecule has 0 aromatic heterocycles. The normalized spacial score (nSPS) is 12.0. The van der Waals surface area contributed by atoms with E-state index in [0.29, 0.717) is 11.3 Å².